The minimum absolute atomic E-state index is 0.192. The molecule has 3 aromatic rings. The summed E-state index contributed by atoms with van der Waals surface area (Å²) in [5.74, 6) is 0.979. The predicted octanol–water partition coefficient (Wildman–Crippen LogP) is 6.70. The highest BCUT2D eigenvalue weighted by molar-refractivity contribution is 6.30. The van der Waals surface area contributed by atoms with Gasteiger partial charge in [0, 0.05) is 29.8 Å². The molecule has 1 atom stereocenters. The van der Waals surface area contributed by atoms with Gasteiger partial charge in [-0.1, -0.05) is 54.4 Å². The molecule has 2 aliphatic heterocycles. The molecule has 3 aliphatic rings. The third kappa shape index (κ3) is 2.75. The van der Waals surface area contributed by atoms with Crippen molar-refractivity contribution in [3.8, 4) is 5.75 Å². The van der Waals surface area contributed by atoms with E-state index >= 15 is 0 Å². The molecule has 3 aromatic carbocycles. The second-order valence-corrected chi connectivity index (χ2v) is 8.90. The van der Waals surface area contributed by atoms with Gasteiger partial charge in [-0.3, -0.25) is 0 Å². The van der Waals surface area contributed by atoms with E-state index in [1.807, 2.05) is 12.1 Å². The second kappa shape index (κ2) is 6.50. The summed E-state index contributed by atoms with van der Waals surface area (Å²) in [4.78, 5) is 0. The number of fused-ring (bicyclic) bond motifs is 5. The van der Waals surface area contributed by atoms with Crippen LogP contribution in [0.2, 0.25) is 5.02 Å². The minimum Gasteiger partial charge on any atom is -0.466 e. The molecule has 0 amide bonds. The average Bonchev–Trinajstić information content (AvgIpc) is 3.22. The van der Waals surface area contributed by atoms with Gasteiger partial charge < -0.3 is 4.74 Å². The van der Waals surface area contributed by atoms with E-state index in [4.69, 9.17) is 21.4 Å². The lowest BCUT2D eigenvalue weighted by Crippen LogP contribution is -2.54. The molecule has 146 valence electrons. The molecule has 0 radical (unpaired) electrons. The number of hydrogen-bond acceptors (Lipinski definition) is 3. The molecular weight excluding hydrogens is 380 g/mol. The zero-order chi connectivity index (χ0) is 19.4. The number of halogens is 1. The first-order valence-corrected chi connectivity index (χ1v) is 10.9. The van der Waals surface area contributed by atoms with Crippen LogP contribution in [0.1, 0.15) is 55.7 Å². The summed E-state index contributed by atoms with van der Waals surface area (Å²) in [6.07, 6.45) is 6.59. The minimum atomic E-state index is -0.317. The maximum absolute atomic E-state index is 6.64. The lowest BCUT2D eigenvalue weighted by Gasteiger charge is -2.49. The average molecular weight is 403 g/mol. The summed E-state index contributed by atoms with van der Waals surface area (Å²) in [6.45, 7) is 0. The Bertz CT molecular complexity index is 1130. The Labute approximate surface area is 175 Å². The summed E-state index contributed by atoms with van der Waals surface area (Å²) in [5.41, 5.74) is 3.19. The molecule has 2 heterocycles. The fourth-order valence-electron chi connectivity index (χ4n) is 5.23. The lowest BCUT2D eigenvalue weighted by molar-refractivity contribution is -0.140. The molecule has 29 heavy (non-hydrogen) atoms. The van der Waals surface area contributed by atoms with Crippen LogP contribution in [0.25, 0.3) is 10.8 Å². The van der Waals surface area contributed by atoms with Crippen molar-refractivity contribution in [1.29, 1.82) is 0 Å². The first-order valence-electron chi connectivity index (χ1n) is 10.6. The van der Waals surface area contributed by atoms with Crippen LogP contribution in [0, 0.1) is 0 Å². The Balaban J connectivity index is 1.46. The van der Waals surface area contributed by atoms with Crippen LogP contribution in [0.15, 0.2) is 65.8 Å². The first kappa shape index (κ1) is 17.3. The third-order valence-corrected chi connectivity index (χ3v) is 6.91. The van der Waals surface area contributed by atoms with Gasteiger partial charge >= 0.3 is 0 Å². The van der Waals surface area contributed by atoms with Gasteiger partial charge in [0.15, 0.2) is 5.72 Å². The molecule has 3 nitrogen and oxygen atoms in total. The van der Waals surface area contributed by atoms with Gasteiger partial charge in [-0.2, -0.15) is 5.10 Å². The highest BCUT2D eigenvalue weighted by Gasteiger charge is 2.50. The lowest BCUT2D eigenvalue weighted by atomic mass is 9.86. The van der Waals surface area contributed by atoms with Crippen molar-refractivity contribution >= 4 is 28.1 Å². The van der Waals surface area contributed by atoms with E-state index in [1.165, 1.54) is 35.6 Å². The second-order valence-electron chi connectivity index (χ2n) is 8.46. The summed E-state index contributed by atoms with van der Waals surface area (Å²) >= 11 is 6.35. The van der Waals surface area contributed by atoms with Crippen molar-refractivity contribution in [3.63, 3.8) is 0 Å². The zero-order valence-corrected chi connectivity index (χ0v) is 17.0. The van der Waals surface area contributed by atoms with Gasteiger partial charge in [0.2, 0.25) is 0 Å². The van der Waals surface area contributed by atoms with Crippen LogP contribution in [0.5, 0.6) is 5.75 Å². The van der Waals surface area contributed by atoms with Gasteiger partial charge in [0.05, 0.1) is 11.8 Å². The summed E-state index contributed by atoms with van der Waals surface area (Å²) < 4.78 is 6.64. The van der Waals surface area contributed by atoms with E-state index in [0.717, 1.165) is 41.3 Å². The normalized spacial score (nSPS) is 22.2. The Morgan fingerprint density at radius 3 is 2.62 bits per heavy atom. The highest BCUT2D eigenvalue weighted by Crippen LogP contribution is 2.51. The van der Waals surface area contributed by atoms with Gasteiger partial charge in [-0.25, -0.2) is 5.01 Å². The van der Waals surface area contributed by atoms with E-state index < -0.39 is 0 Å². The fourth-order valence-corrected chi connectivity index (χ4v) is 5.41. The number of benzene rings is 3. The molecule has 0 N–H and O–H groups in total. The molecule has 0 aromatic heterocycles. The number of rotatable bonds is 1. The zero-order valence-electron chi connectivity index (χ0n) is 16.3. The summed E-state index contributed by atoms with van der Waals surface area (Å²) in [5, 5.41) is 10.7. The molecular formula is C25H23ClN2O. The highest BCUT2D eigenvalue weighted by atomic mass is 35.5. The standard InChI is InChI=1S/C25H23ClN2O/c26-20-10-11-24-21(15-20)23-16-22(19-9-8-17-6-2-3-7-18(17)14-19)27-28(23)25(29-24)12-4-1-5-13-25/h2-3,6-11,14-15,23H,1,4-5,12-13,16H2/t23-/m0/s1. The molecule has 0 bridgehead atoms. The Morgan fingerprint density at radius 1 is 0.931 bits per heavy atom. The molecule has 1 fully saturated rings. The van der Waals surface area contributed by atoms with Crippen molar-refractivity contribution in [2.75, 3.05) is 0 Å². The fraction of sp³-hybridized carbons (Fsp3) is 0.320. The molecule has 6 rings (SSSR count). The van der Waals surface area contributed by atoms with Gasteiger partial charge in [-0.05, 0) is 53.4 Å². The van der Waals surface area contributed by atoms with E-state index in [9.17, 15) is 0 Å². The number of hydrogen-bond donors (Lipinski definition) is 0. The Kier molecular flexibility index (Phi) is 3.89. The molecule has 1 aliphatic carbocycles. The van der Waals surface area contributed by atoms with Crippen LogP contribution >= 0.6 is 11.6 Å². The SMILES string of the molecule is Clc1ccc2c(c1)[C@@H]1CC(c3ccc4ccccc4c3)=NN1C1(CCCCC1)O2. The van der Waals surface area contributed by atoms with E-state index in [2.05, 4.69) is 53.5 Å². The Morgan fingerprint density at radius 2 is 1.76 bits per heavy atom. The number of hydrazone groups is 1. The number of nitrogens with zero attached hydrogens (tertiary/aromatic N) is 2. The molecule has 1 spiro atoms. The van der Waals surface area contributed by atoms with Crippen LogP contribution in [-0.4, -0.2) is 16.4 Å². The van der Waals surface area contributed by atoms with Crippen LogP contribution in [-0.2, 0) is 0 Å². The molecule has 4 heteroatoms. The molecule has 0 unspecified atom stereocenters. The molecule has 0 saturated heterocycles. The monoisotopic (exact) mass is 402 g/mol. The third-order valence-electron chi connectivity index (χ3n) is 6.68. The first-order chi connectivity index (χ1) is 14.2. The number of ether oxygens (including phenoxy) is 1. The van der Waals surface area contributed by atoms with Crippen LogP contribution in [0.4, 0.5) is 0 Å². The summed E-state index contributed by atoms with van der Waals surface area (Å²) in [7, 11) is 0. The van der Waals surface area contributed by atoms with Gasteiger partial charge in [-0.15, -0.1) is 0 Å². The molecule has 1 saturated carbocycles. The van der Waals surface area contributed by atoms with E-state index in [0.29, 0.717) is 0 Å². The predicted molar refractivity (Wildman–Crippen MR) is 118 cm³/mol. The van der Waals surface area contributed by atoms with Crippen molar-refractivity contribution in [3.05, 3.63) is 76.8 Å². The van der Waals surface area contributed by atoms with Crippen LogP contribution < -0.4 is 4.74 Å². The van der Waals surface area contributed by atoms with Crippen molar-refractivity contribution in [1.82, 2.24) is 5.01 Å². The van der Waals surface area contributed by atoms with Gasteiger partial charge in [0.25, 0.3) is 0 Å². The van der Waals surface area contributed by atoms with E-state index in [-0.39, 0.29) is 11.8 Å². The largest absolute Gasteiger partial charge is 0.466 e. The van der Waals surface area contributed by atoms with Crippen LogP contribution in [0.3, 0.4) is 0 Å². The maximum atomic E-state index is 6.64. The quantitative estimate of drug-likeness (QED) is 0.452. The van der Waals surface area contributed by atoms with Gasteiger partial charge in [0.1, 0.15) is 5.75 Å². The summed E-state index contributed by atoms with van der Waals surface area (Å²) in [6, 6.07) is 21.4. The van der Waals surface area contributed by atoms with E-state index in [1.54, 1.807) is 0 Å². The maximum Gasteiger partial charge on any atom is 0.198 e. The van der Waals surface area contributed by atoms with Crippen molar-refractivity contribution < 1.29 is 4.74 Å². The van der Waals surface area contributed by atoms with Crippen molar-refractivity contribution in [2.24, 2.45) is 5.10 Å². The smallest absolute Gasteiger partial charge is 0.198 e. The Hall–Kier alpha value is -2.52. The van der Waals surface area contributed by atoms with Crippen molar-refractivity contribution in [2.45, 2.75) is 50.3 Å². The topological polar surface area (TPSA) is 24.8 Å².